The number of pyridine rings is 1. The molecule has 0 radical (unpaired) electrons. The van der Waals surface area contributed by atoms with Crippen molar-refractivity contribution in [3.63, 3.8) is 0 Å². The summed E-state index contributed by atoms with van der Waals surface area (Å²) < 4.78 is 5.09. The van der Waals surface area contributed by atoms with E-state index in [1.54, 1.807) is 25.6 Å². The highest BCUT2D eigenvalue weighted by Crippen LogP contribution is 2.27. The minimum atomic E-state index is -0.716. The van der Waals surface area contributed by atoms with Crippen LogP contribution in [0, 0.1) is 10.8 Å². The number of ether oxygens (including phenoxy) is 1. The second-order valence-corrected chi connectivity index (χ2v) is 7.95. The molecule has 1 atom stereocenters. The van der Waals surface area contributed by atoms with Crippen LogP contribution >= 0.6 is 0 Å². The van der Waals surface area contributed by atoms with Crippen molar-refractivity contribution in [2.45, 2.75) is 33.7 Å². The maximum absolute atomic E-state index is 12.0. The fraction of sp³-hybridized carbons (Fsp3) is 0.364. The van der Waals surface area contributed by atoms with Gasteiger partial charge in [0.05, 0.1) is 24.1 Å². The lowest BCUT2D eigenvalue weighted by Crippen LogP contribution is -2.46. The van der Waals surface area contributed by atoms with Gasteiger partial charge in [-0.25, -0.2) is 4.98 Å². The molecule has 0 bridgehead atoms. The molecule has 0 fully saturated rings. The maximum Gasteiger partial charge on any atom is 0.252 e. The van der Waals surface area contributed by atoms with E-state index in [4.69, 9.17) is 15.9 Å². The predicted octanol–water partition coefficient (Wildman–Crippen LogP) is 2.07. The molecule has 2 aromatic heterocycles. The minimum Gasteiger partial charge on any atom is -0.481 e. The van der Waals surface area contributed by atoms with E-state index < -0.39 is 5.91 Å². The summed E-state index contributed by atoms with van der Waals surface area (Å²) in [6.07, 6.45) is 4.41. The number of primary amides is 1. The number of nitrogens with zero attached hydrogens (tertiary/aromatic N) is 1. The Kier molecular flexibility index (Phi) is 7.57. The number of carbonyl (C=O) groups is 2. The van der Waals surface area contributed by atoms with Crippen LogP contribution in [0.1, 0.15) is 33.4 Å². The fourth-order valence-electron chi connectivity index (χ4n) is 2.86. The molecule has 0 aliphatic heterocycles. The first-order valence-corrected chi connectivity index (χ1v) is 9.83. The molecule has 0 saturated carbocycles. The Morgan fingerprint density at radius 3 is 2.58 bits per heavy atom. The normalized spacial score (nSPS) is 13.1. The topological polar surface area (TPSA) is 146 Å². The van der Waals surface area contributed by atoms with Crippen molar-refractivity contribution in [3.05, 3.63) is 41.9 Å². The van der Waals surface area contributed by atoms with Gasteiger partial charge in [0.2, 0.25) is 11.8 Å². The molecule has 2 aromatic rings. The van der Waals surface area contributed by atoms with Crippen molar-refractivity contribution in [2.75, 3.05) is 13.7 Å². The smallest absolute Gasteiger partial charge is 0.252 e. The second kappa shape index (κ2) is 9.92. The summed E-state index contributed by atoms with van der Waals surface area (Å²) in [5, 5.41) is 13.9. The molecule has 0 aliphatic carbocycles. The number of nitrogens with two attached hydrogens (primary N) is 1. The van der Waals surface area contributed by atoms with E-state index in [2.05, 4.69) is 20.6 Å². The first-order chi connectivity index (χ1) is 14.6. The summed E-state index contributed by atoms with van der Waals surface area (Å²) in [5.74, 6) is -0.320. The van der Waals surface area contributed by atoms with Crippen LogP contribution in [0.5, 0.6) is 5.88 Å². The highest BCUT2D eigenvalue weighted by molar-refractivity contribution is 6.16. The van der Waals surface area contributed by atoms with E-state index in [9.17, 15) is 9.59 Å². The molecular weight excluding hydrogens is 396 g/mol. The van der Waals surface area contributed by atoms with Crippen molar-refractivity contribution in [1.29, 1.82) is 5.41 Å². The maximum atomic E-state index is 12.0. The standard InChI is InChI=1S/C22H30N6O3/c1-13(22(3,4)12-27-14(2)29)28-20(17(9-23)21(24)30)18-8-16(11-25-18)15-6-7-19(31-5)26-10-15/h6-11,13,23,25,28H,12H2,1-5H3,(H2,24,30)(H,27,29)/b20-17-,23-9?. The molecule has 0 aromatic carbocycles. The number of H-pyrrole nitrogens is 1. The highest BCUT2D eigenvalue weighted by Gasteiger charge is 2.28. The molecular formula is C22H30N6O3. The Hall–Kier alpha value is -3.62. The minimum absolute atomic E-state index is 0.0448. The number of hydrogen-bond donors (Lipinski definition) is 5. The molecule has 0 saturated heterocycles. The average Bonchev–Trinajstić information content (AvgIpc) is 3.21. The van der Waals surface area contributed by atoms with Gasteiger partial charge in [-0.05, 0) is 19.1 Å². The van der Waals surface area contributed by atoms with Crippen LogP contribution in [0.15, 0.2) is 36.2 Å². The predicted molar refractivity (Wildman–Crippen MR) is 121 cm³/mol. The Bertz CT molecular complexity index is 975. The molecule has 0 spiro atoms. The summed E-state index contributed by atoms with van der Waals surface area (Å²) in [4.78, 5) is 30.7. The van der Waals surface area contributed by atoms with Gasteiger partial charge in [0.15, 0.2) is 0 Å². The van der Waals surface area contributed by atoms with Gasteiger partial charge < -0.3 is 31.5 Å². The summed E-state index contributed by atoms with van der Waals surface area (Å²) >= 11 is 0. The van der Waals surface area contributed by atoms with Gasteiger partial charge in [0.25, 0.3) is 5.91 Å². The van der Waals surface area contributed by atoms with Gasteiger partial charge >= 0.3 is 0 Å². The van der Waals surface area contributed by atoms with Crippen LogP contribution < -0.4 is 21.1 Å². The van der Waals surface area contributed by atoms with Gasteiger partial charge in [-0.3, -0.25) is 9.59 Å². The van der Waals surface area contributed by atoms with Gasteiger partial charge in [-0.1, -0.05) is 13.8 Å². The fourth-order valence-corrected chi connectivity index (χ4v) is 2.86. The van der Waals surface area contributed by atoms with Gasteiger partial charge in [-0.2, -0.15) is 0 Å². The number of aromatic nitrogens is 2. The summed E-state index contributed by atoms with van der Waals surface area (Å²) in [7, 11) is 1.55. The number of hydrogen-bond acceptors (Lipinski definition) is 6. The number of rotatable bonds is 10. The van der Waals surface area contributed by atoms with E-state index in [0.717, 1.165) is 17.3 Å². The van der Waals surface area contributed by atoms with Gasteiger partial charge in [0, 0.05) is 60.7 Å². The molecule has 2 amide bonds. The zero-order valence-electron chi connectivity index (χ0n) is 18.5. The largest absolute Gasteiger partial charge is 0.481 e. The van der Waals surface area contributed by atoms with Crippen LogP contribution in [0.4, 0.5) is 0 Å². The Morgan fingerprint density at radius 2 is 2.06 bits per heavy atom. The highest BCUT2D eigenvalue weighted by atomic mass is 16.5. The average molecular weight is 427 g/mol. The Balaban J connectivity index is 2.40. The lowest BCUT2D eigenvalue weighted by molar-refractivity contribution is -0.119. The first kappa shape index (κ1) is 23.7. The summed E-state index contributed by atoms with van der Waals surface area (Å²) in [6.45, 7) is 7.84. The van der Waals surface area contributed by atoms with E-state index in [1.165, 1.54) is 6.92 Å². The number of carbonyl (C=O) groups excluding carboxylic acids is 2. The quantitative estimate of drug-likeness (QED) is 0.292. The molecule has 6 N–H and O–H groups in total. The van der Waals surface area contributed by atoms with Crippen LogP contribution in [0.2, 0.25) is 0 Å². The van der Waals surface area contributed by atoms with Crippen LogP contribution in [0.25, 0.3) is 16.8 Å². The second-order valence-electron chi connectivity index (χ2n) is 7.95. The van der Waals surface area contributed by atoms with Crippen molar-refractivity contribution in [1.82, 2.24) is 20.6 Å². The Morgan fingerprint density at radius 1 is 1.35 bits per heavy atom. The van der Waals surface area contributed by atoms with Crippen molar-refractivity contribution in [2.24, 2.45) is 11.1 Å². The van der Waals surface area contributed by atoms with Crippen LogP contribution in [0.3, 0.4) is 0 Å². The van der Waals surface area contributed by atoms with Crippen molar-refractivity contribution >= 4 is 23.7 Å². The van der Waals surface area contributed by atoms with Crippen molar-refractivity contribution in [3.8, 4) is 17.0 Å². The van der Waals surface area contributed by atoms with Crippen molar-refractivity contribution < 1.29 is 14.3 Å². The molecule has 166 valence electrons. The molecule has 2 heterocycles. The summed E-state index contributed by atoms with van der Waals surface area (Å²) in [6, 6.07) is 5.32. The molecule has 2 rings (SSSR count). The number of amides is 2. The Labute approximate surface area is 182 Å². The number of nitrogens with one attached hydrogen (secondary N) is 4. The summed E-state index contributed by atoms with van der Waals surface area (Å²) in [5.41, 5.74) is 7.96. The van der Waals surface area contributed by atoms with E-state index in [-0.39, 0.29) is 22.9 Å². The zero-order chi connectivity index (χ0) is 23.2. The SMILES string of the molecule is COc1ccc(-c2c[nH]c(/C(NC(C)C(C)(C)CNC(C)=O)=C(\C=N)C(N)=O)c2)cn1. The monoisotopic (exact) mass is 426 g/mol. The lowest BCUT2D eigenvalue weighted by atomic mass is 9.84. The van der Waals surface area contributed by atoms with Crippen LogP contribution in [-0.2, 0) is 9.59 Å². The number of aromatic amines is 1. The lowest BCUT2D eigenvalue weighted by Gasteiger charge is -2.34. The third kappa shape index (κ3) is 5.94. The third-order valence-electron chi connectivity index (χ3n) is 5.24. The van der Waals surface area contributed by atoms with Gasteiger partial charge in [0.1, 0.15) is 0 Å². The molecule has 1 unspecified atom stereocenters. The van der Waals surface area contributed by atoms with E-state index in [1.807, 2.05) is 32.9 Å². The van der Waals surface area contributed by atoms with Gasteiger partial charge in [-0.15, -0.1) is 0 Å². The molecule has 9 heteroatoms. The molecule has 0 aliphatic rings. The van der Waals surface area contributed by atoms with Crippen LogP contribution in [-0.4, -0.2) is 47.7 Å². The molecule has 9 nitrogen and oxygen atoms in total. The number of methoxy groups -OCH3 is 1. The van der Waals surface area contributed by atoms with E-state index in [0.29, 0.717) is 23.8 Å². The first-order valence-electron chi connectivity index (χ1n) is 9.83. The third-order valence-corrected chi connectivity index (χ3v) is 5.24. The molecule has 31 heavy (non-hydrogen) atoms. The van der Waals surface area contributed by atoms with E-state index >= 15 is 0 Å². The zero-order valence-corrected chi connectivity index (χ0v) is 18.5.